The van der Waals surface area contributed by atoms with Gasteiger partial charge in [-0.25, -0.2) is 9.59 Å². The quantitative estimate of drug-likeness (QED) is 0.371. The second kappa shape index (κ2) is 9.48. The Morgan fingerprint density at radius 3 is 1.57 bits per heavy atom. The van der Waals surface area contributed by atoms with Crippen LogP contribution < -0.4 is 0 Å². The molecule has 0 saturated carbocycles. The highest BCUT2D eigenvalue weighted by molar-refractivity contribution is 5.88. The highest BCUT2D eigenvalue weighted by Gasteiger charge is 2.40. The van der Waals surface area contributed by atoms with Crippen molar-refractivity contribution in [2.24, 2.45) is 0 Å². The fourth-order valence-corrected chi connectivity index (χ4v) is 0.968. The van der Waals surface area contributed by atoms with Gasteiger partial charge in [-0.15, -0.1) is 0 Å². The summed E-state index contributed by atoms with van der Waals surface area (Å²) in [5.41, 5.74) is -2.29. The predicted molar refractivity (Wildman–Crippen MR) is 68.5 cm³/mol. The molecule has 0 rings (SSSR count). The van der Waals surface area contributed by atoms with Crippen molar-refractivity contribution in [1.82, 2.24) is 0 Å². The Morgan fingerprint density at radius 2 is 1.43 bits per heavy atom. The first-order valence-electron chi connectivity index (χ1n) is 5.68. The Balaban J connectivity index is 0. The summed E-state index contributed by atoms with van der Waals surface area (Å²) >= 11 is 0. The van der Waals surface area contributed by atoms with Crippen LogP contribution in [0.4, 0.5) is 0 Å². The first-order valence-corrected chi connectivity index (χ1v) is 5.68. The lowest BCUT2D eigenvalue weighted by atomic mass is 9.96. The summed E-state index contributed by atoms with van der Waals surface area (Å²) in [6.07, 6.45) is -2.29. The molecule has 0 unspecified atom stereocenters. The van der Waals surface area contributed by atoms with Crippen LogP contribution in [0, 0.1) is 0 Å². The summed E-state index contributed by atoms with van der Waals surface area (Å²) in [6.45, 7) is 7.21. The van der Waals surface area contributed by atoms with E-state index >= 15 is 0 Å². The molecule has 0 aliphatic carbocycles. The summed E-state index contributed by atoms with van der Waals surface area (Å²) in [7, 11) is 0. The Labute approximate surface area is 120 Å². The number of esters is 1. The van der Waals surface area contributed by atoms with Gasteiger partial charge in [0.2, 0.25) is 0 Å². The topological polar surface area (TPSA) is 158 Å². The van der Waals surface area contributed by atoms with Crippen LogP contribution in [0.25, 0.3) is 0 Å². The molecular formula is C12H18O9. The van der Waals surface area contributed by atoms with Crippen molar-refractivity contribution in [3.63, 3.8) is 0 Å². The van der Waals surface area contributed by atoms with Gasteiger partial charge in [-0.2, -0.15) is 0 Å². The number of carbonyl (C=O) groups excluding carboxylic acids is 1. The molecule has 0 atom stereocenters. The van der Waals surface area contributed by atoms with Gasteiger partial charge in [0.1, 0.15) is 0 Å². The van der Waals surface area contributed by atoms with E-state index in [1.54, 1.807) is 13.8 Å². The zero-order chi connectivity index (χ0) is 17.2. The molecule has 0 saturated heterocycles. The minimum atomic E-state index is -2.74. The van der Waals surface area contributed by atoms with E-state index in [1.165, 1.54) is 0 Å². The summed E-state index contributed by atoms with van der Waals surface area (Å²) in [4.78, 5) is 40.9. The van der Waals surface area contributed by atoms with E-state index < -0.39 is 36.4 Å². The van der Waals surface area contributed by atoms with Crippen LogP contribution in [0.2, 0.25) is 0 Å². The molecule has 21 heavy (non-hydrogen) atoms. The first-order chi connectivity index (χ1) is 9.46. The summed E-state index contributed by atoms with van der Waals surface area (Å²) < 4.78 is 4.56. The van der Waals surface area contributed by atoms with E-state index in [2.05, 4.69) is 11.3 Å². The van der Waals surface area contributed by atoms with Crippen molar-refractivity contribution in [3.05, 3.63) is 12.2 Å². The van der Waals surface area contributed by atoms with Crippen molar-refractivity contribution >= 4 is 23.9 Å². The molecule has 0 aromatic rings. The molecule has 9 heteroatoms. The van der Waals surface area contributed by atoms with Gasteiger partial charge in [0.15, 0.2) is 5.60 Å². The SMILES string of the molecule is C=C(C)C(=O)OCC.O=C(O)CC(O)(CC(=O)O)C(=O)O. The van der Waals surface area contributed by atoms with Crippen LogP contribution in [0.3, 0.4) is 0 Å². The molecule has 120 valence electrons. The smallest absolute Gasteiger partial charge is 0.336 e. The number of carbonyl (C=O) groups is 4. The fraction of sp³-hybridized carbons (Fsp3) is 0.500. The van der Waals surface area contributed by atoms with E-state index in [0.29, 0.717) is 12.2 Å². The molecule has 0 spiro atoms. The van der Waals surface area contributed by atoms with Crippen molar-refractivity contribution in [2.75, 3.05) is 6.61 Å². The maximum Gasteiger partial charge on any atom is 0.336 e. The fourth-order valence-electron chi connectivity index (χ4n) is 0.968. The lowest BCUT2D eigenvalue weighted by Crippen LogP contribution is -2.42. The number of carboxylic acids is 3. The normalized spacial score (nSPS) is 9.86. The number of ether oxygens (including phenoxy) is 1. The molecule has 0 aliphatic heterocycles. The number of hydrogen-bond donors (Lipinski definition) is 4. The molecule has 0 amide bonds. The molecule has 0 heterocycles. The highest BCUT2D eigenvalue weighted by Crippen LogP contribution is 2.15. The number of rotatable bonds is 7. The maximum atomic E-state index is 10.4. The van der Waals surface area contributed by atoms with E-state index in [1.807, 2.05) is 0 Å². The van der Waals surface area contributed by atoms with E-state index in [-0.39, 0.29) is 5.97 Å². The van der Waals surface area contributed by atoms with Gasteiger partial charge in [-0.1, -0.05) is 6.58 Å². The van der Waals surface area contributed by atoms with Crippen LogP contribution in [0.15, 0.2) is 12.2 Å². The van der Waals surface area contributed by atoms with Crippen molar-refractivity contribution < 1.29 is 44.3 Å². The molecule has 0 aliphatic rings. The zero-order valence-corrected chi connectivity index (χ0v) is 11.7. The van der Waals surface area contributed by atoms with Crippen LogP contribution in [0.1, 0.15) is 26.7 Å². The second-order valence-electron chi connectivity index (χ2n) is 3.98. The molecule has 0 fully saturated rings. The monoisotopic (exact) mass is 306 g/mol. The Kier molecular flexibility index (Phi) is 9.43. The highest BCUT2D eigenvalue weighted by atomic mass is 16.5. The Bertz CT molecular complexity index is 408. The van der Waals surface area contributed by atoms with Crippen molar-refractivity contribution in [3.8, 4) is 0 Å². The third kappa shape index (κ3) is 10.1. The number of aliphatic hydroxyl groups is 1. The zero-order valence-electron chi connectivity index (χ0n) is 11.7. The van der Waals surface area contributed by atoms with E-state index in [0.717, 1.165) is 0 Å². The Morgan fingerprint density at radius 1 is 1.05 bits per heavy atom. The van der Waals surface area contributed by atoms with Gasteiger partial charge in [-0.3, -0.25) is 9.59 Å². The van der Waals surface area contributed by atoms with Crippen molar-refractivity contribution in [2.45, 2.75) is 32.3 Å². The third-order valence-corrected chi connectivity index (χ3v) is 1.91. The standard InChI is InChI=1S/C6H8O7.C6H10O2/c7-3(8)1-6(13,5(11)12)2-4(9)10;1-4-8-6(7)5(2)3/h13H,1-2H2,(H,7,8)(H,9,10)(H,11,12);2,4H2,1,3H3. The van der Waals surface area contributed by atoms with Crippen molar-refractivity contribution in [1.29, 1.82) is 0 Å². The molecule has 9 nitrogen and oxygen atoms in total. The van der Waals surface area contributed by atoms with Crippen LogP contribution in [-0.4, -0.2) is 56.5 Å². The summed E-state index contributed by atoms with van der Waals surface area (Å²) in [5, 5.41) is 33.8. The second-order valence-corrected chi connectivity index (χ2v) is 3.98. The molecular weight excluding hydrogens is 288 g/mol. The van der Waals surface area contributed by atoms with Gasteiger partial charge in [0.25, 0.3) is 0 Å². The predicted octanol–water partition coefficient (Wildman–Crippen LogP) is -0.123. The molecule has 0 aromatic carbocycles. The molecule has 0 radical (unpaired) electrons. The minimum Gasteiger partial charge on any atom is -0.481 e. The van der Waals surface area contributed by atoms with Crippen LogP contribution in [-0.2, 0) is 23.9 Å². The first kappa shape index (κ1) is 20.9. The average Bonchev–Trinajstić information content (AvgIpc) is 2.27. The van der Waals surface area contributed by atoms with Crippen LogP contribution in [0.5, 0.6) is 0 Å². The van der Waals surface area contributed by atoms with Gasteiger partial charge in [-0.05, 0) is 13.8 Å². The summed E-state index contributed by atoms with van der Waals surface area (Å²) in [5.74, 6) is -5.33. The van der Waals surface area contributed by atoms with Gasteiger partial charge < -0.3 is 25.2 Å². The largest absolute Gasteiger partial charge is 0.481 e. The lowest BCUT2D eigenvalue weighted by molar-refractivity contribution is -0.170. The van der Waals surface area contributed by atoms with Gasteiger partial charge in [0.05, 0.1) is 19.4 Å². The average molecular weight is 306 g/mol. The number of aliphatic carboxylic acids is 3. The van der Waals surface area contributed by atoms with Gasteiger partial charge >= 0.3 is 23.9 Å². The van der Waals surface area contributed by atoms with Gasteiger partial charge in [0, 0.05) is 5.57 Å². The number of carboxylic acid groups (broad SMARTS) is 3. The summed E-state index contributed by atoms with van der Waals surface area (Å²) in [6, 6.07) is 0. The van der Waals surface area contributed by atoms with E-state index in [9.17, 15) is 19.2 Å². The third-order valence-electron chi connectivity index (χ3n) is 1.91. The minimum absolute atomic E-state index is 0.312. The lowest BCUT2D eigenvalue weighted by Gasteiger charge is -2.18. The number of hydrogen-bond acceptors (Lipinski definition) is 6. The molecule has 4 N–H and O–H groups in total. The molecule has 0 bridgehead atoms. The van der Waals surface area contributed by atoms with Crippen LogP contribution >= 0.6 is 0 Å². The maximum absolute atomic E-state index is 10.4. The molecule has 0 aromatic heterocycles. The van der Waals surface area contributed by atoms with E-state index in [4.69, 9.17) is 20.4 Å². The Hall–Kier alpha value is -2.42.